The van der Waals surface area contributed by atoms with Crippen LogP contribution in [0.4, 0.5) is 8.78 Å². The summed E-state index contributed by atoms with van der Waals surface area (Å²) in [5.41, 5.74) is -0.326. The average molecular weight is 176 g/mol. The molecule has 1 aromatic rings. The lowest BCUT2D eigenvalue weighted by atomic mass is 10.3. The number of aromatic nitrogens is 1. The molecule has 0 aliphatic carbocycles. The van der Waals surface area contributed by atoms with Crippen molar-refractivity contribution in [1.29, 1.82) is 0 Å². The maximum Gasteiger partial charge on any atom is 0.290 e. The highest BCUT2D eigenvalue weighted by Crippen LogP contribution is 2.25. The smallest absolute Gasteiger partial charge is 0.290 e. The second-order valence-electron chi connectivity index (χ2n) is 2.55. The van der Waals surface area contributed by atoms with Crippen molar-refractivity contribution in [3.63, 3.8) is 0 Å². The van der Waals surface area contributed by atoms with Gasteiger partial charge in [0.25, 0.3) is 5.92 Å². The van der Waals surface area contributed by atoms with Crippen LogP contribution in [0.15, 0.2) is 10.7 Å². The van der Waals surface area contributed by atoms with E-state index in [2.05, 4.69) is 10.3 Å². The van der Waals surface area contributed by atoms with Crippen molar-refractivity contribution < 1.29 is 13.2 Å². The molecule has 68 valence electrons. The van der Waals surface area contributed by atoms with Crippen molar-refractivity contribution in [2.45, 2.75) is 19.4 Å². The Labute approximate surface area is 68.8 Å². The molecular weight excluding hydrogens is 166 g/mol. The van der Waals surface area contributed by atoms with E-state index in [1.807, 2.05) is 0 Å². The zero-order valence-electron chi connectivity index (χ0n) is 6.90. The Morgan fingerprint density at radius 2 is 2.33 bits per heavy atom. The third-order valence-corrected chi connectivity index (χ3v) is 1.33. The minimum absolute atomic E-state index is 0.272. The number of oxazole rings is 1. The van der Waals surface area contributed by atoms with Crippen LogP contribution in [0.2, 0.25) is 0 Å². The molecule has 5 heteroatoms. The van der Waals surface area contributed by atoms with Gasteiger partial charge in [0.05, 0.1) is 6.54 Å². The van der Waals surface area contributed by atoms with Gasteiger partial charge in [-0.05, 0) is 7.05 Å². The van der Waals surface area contributed by atoms with Crippen LogP contribution >= 0.6 is 0 Å². The van der Waals surface area contributed by atoms with Crippen molar-refractivity contribution in [3.05, 3.63) is 17.8 Å². The molecule has 1 rings (SSSR count). The van der Waals surface area contributed by atoms with E-state index in [9.17, 15) is 8.78 Å². The van der Waals surface area contributed by atoms with Gasteiger partial charge in [-0.2, -0.15) is 8.78 Å². The van der Waals surface area contributed by atoms with Gasteiger partial charge < -0.3 is 9.73 Å². The van der Waals surface area contributed by atoms with Gasteiger partial charge >= 0.3 is 0 Å². The predicted molar refractivity (Wildman–Crippen MR) is 38.8 cm³/mol. The standard InChI is InChI=1S/C7H10F2N2O/c1-7(8,9)5-4-12-6(11-5)3-10-2/h4,10H,3H2,1-2H3. The molecule has 0 aliphatic heterocycles. The molecular formula is C7H10F2N2O. The third kappa shape index (κ3) is 2.01. The SMILES string of the molecule is CNCc1nc(C(C)(F)F)co1. The molecule has 0 bridgehead atoms. The lowest BCUT2D eigenvalue weighted by Crippen LogP contribution is -2.09. The second-order valence-corrected chi connectivity index (χ2v) is 2.55. The molecule has 0 unspecified atom stereocenters. The van der Waals surface area contributed by atoms with E-state index in [-0.39, 0.29) is 11.6 Å². The fraction of sp³-hybridized carbons (Fsp3) is 0.571. The van der Waals surface area contributed by atoms with E-state index in [1.165, 1.54) is 0 Å². The Morgan fingerprint density at radius 3 is 2.75 bits per heavy atom. The van der Waals surface area contributed by atoms with Crippen molar-refractivity contribution in [2.75, 3.05) is 7.05 Å². The lowest BCUT2D eigenvalue weighted by molar-refractivity contribution is 0.0126. The zero-order valence-corrected chi connectivity index (χ0v) is 6.90. The first-order valence-electron chi connectivity index (χ1n) is 3.51. The quantitative estimate of drug-likeness (QED) is 0.758. The van der Waals surface area contributed by atoms with Crippen LogP contribution in [-0.4, -0.2) is 12.0 Å². The van der Waals surface area contributed by atoms with Crippen LogP contribution in [0.25, 0.3) is 0 Å². The van der Waals surface area contributed by atoms with Gasteiger partial charge in [-0.1, -0.05) is 0 Å². The van der Waals surface area contributed by atoms with Crippen LogP contribution in [0.3, 0.4) is 0 Å². The monoisotopic (exact) mass is 176 g/mol. The lowest BCUT2D eigenvalue weighted by Gasteiger charge is -2.03. The molecule has 12 heavy (non-hydrogen) atoms. The van der Waals surface area contributed by atoms with Gasteiger partial charge in [-0.3, -0.25) is 0 Å². The maximum atomic E-state index is 12.6. The Morgan fingerprint density at radius 1 is 1.67 bits per heavy atom. The molecule has 0 atom stereocenters. The van der Waals surface area contributed by atoms with Crippen molar-refractivity contribution in [1.82, 2.24) is 10.3 Å². The Bertz CT molecular complexity index is 254. The van der Waals surface area contributed by atoms with Crippen LogP contribution in [0, 0.1) is 0 Å². The first-order chi connectivity index (χ1) is 5.54. The number of alkyl halides is 2. The third-order valence-electron chi connectivity index (χ3n) is 1.33. The summed E-state index contributed by atoms with van der Waals surface area (Å²) in [6, 6.07) is 0. The summed E-state index contributed by atoms with van der Waals surface area (Å²) in [6.07, 6.45) is 0.979. The molecule has 0 saturated heterocycles. The van der Waals surface area contributed by atoms with Crippen molar-refractivity contribution in [2.24, 2.45) is 0 Å². The van der Waals surface area contributed by atoms with E-state index < -0.39 is 5.92 Å². The van der Waals surface area contributed by atoms with Gasteiger partial charge in [-0.25, -0.2) is 4.98 Å². The fourth-order valence-corrected chi connectivity index (χ4v) is 0.745. The number of nitrogens with one attached hydrogen (secondary N) is 1. The highest BCUT2D eigenvalue weighted by atomic mass is 19.3. The highest BCUT2D eigenvalue weighted by Gasteiger charge is 2.28. The summed E-state index contributed by atoms with van der Waals surface area (Å²) in [4.78, 5) is 3.59. The van der Waals surface area contributed by atoms with E-state index in [1.54, 1.807) is 7.05 Å². The van der Waals surface area contributed by atoms with Crippen LogP contribution in [0.1, 0.15) is 18.5 Å². The zero-order chi connectivity index (χ0) is 9.19. The minimum atomic E-state index is -2.92. The molecule has 3 nitrogen and oxygen atoms in total. The van der Waals surface area contributed by atoms with Gasteiger partial charge in [0.15, 0.2) is 0 Å². The molecule has 0 fully saturated rings. The molecule has 0 aromatic carbocycles. The molecule has 0 radical (unpaired) electrons. The summed E-state index contributed by atoms with van der Waals surface area (Å²) in [5.74, 6) is -2.65. The number of hydrogen-bond donors (Lipinski definition) is 1. The molecule has 1 heterocycles. The topological polar surface area (TPSA) is 38.1 Å². The van der Waals surface area contributed by atoms with Crippen molar-refractivity contribution in [3.8, 4) is 0 Å². The molecule has 0 amide bonds. The van der Waals surface area contributed by atoms with Crippen LogP contribution in [-0.2, 0) is 12.5 Å². The Kier molecular flexibility index (Phi) is 2.42. The number of rotatable bonds is 3. The summed E-state index contributed by atoms with van der Waals surface area (Å²) >= 11 is 0. The Hall–Kier alpha value is -0.970. The number of nitrogens with zero attached hydrogens (tertiary/aromatic N) is 1. The largest absolute Gasteiger partial charge is 0.447 e. The van der Waals surface area contributed by atoms with E-state index >= 15 is 0 Å². The normalized spacial score (nSPS) is 12.0. The summed E-state index contributed by atoms with van der Waals surface area (Å²) in [5, 5.41) is 2.75. The predicted octanol–water partition coefficient (Wildman–Crippen LogP) is 1.51. The van der Waals surface area contributed by atoms with Crippen LogP contribution in [0.5, 0.6) is 0 Å². The molecule has 0 saturated carbocycles. The minimum Gasteiger partial charge on any atom is -0.447 e. The van der Waals surface area contributed by atoms with Gasteiger partial charge in [0, 0.05) is 6.92 Å². The van der Waals surface area contributed by atoms with E-state index in [0.717, 1.165) is 13.2 Å². The average Bonchev–Trinajstić information content (AvgIpc) is 2.35. The number of halogens is 2. The van der Waals surface area contributed by atoms with Gasteiger partial charge in [0.1, 0.15) is 12.0 Å². The van der Waals surface area contributed by atoms with Gasteiger partial charge in [-0.15, -0.1) is 0 Å². The Balaban J connectivity index is 2.77. The number of hydrogen-bond acceptors (Lipinski definition) is 3. The highest BCUT2D eigenvalue weighted by molar-refractivity contribution is 5.02. The van der Waals surface area contributed by atoms with Crippen LogP contribution < -0.4 is 5.32 Å². The fourth-order valence-electron chi connectivity index (χ4n) is 0.745. The van der Waals surface area contributed by atoms with Gasteiger partial charge in [0.2, 0.25) is 5.89 Å². The van der Waals surface area contributed by atoms with Crippen molar-refractivity contribution >= 4 is 0 Å². The summed E-state index contributed by atoms with van der Waals surface area (Å²) < 4.78 is 29.9. The summed E-state index contributed by atoms with van der Waals surface area (Å²) in [7, 11) is 1.69. The molecule has 1 aromatic heterocycles. The van der Waals surface area contributed by atoms with E-state index in [4.69, 9.17) is 4.42 Å². The first-order valence-corrected chi connectivity index (χ1v) is 3.51. The first kappa shape index (κ1) is 9.12. The summed E-state index contributed by atoms with van der Waals surface area (Å²) in [6.45, 7) is 1.14. The second kappa shape index (κ2) is 3.18. The van der Waals surface area contributed by atoms with E-state index in [0.29, 0.717) is 6.54 Å². The molecule has 0 aliphatic rings. The molecule has 0 spiro atoms. The molecule has 1 N–H and O–H groups in total. The maximum absolute atomic E-state index is 12.6.